The molecule has 1 N–H and O–H groups in total. The maximum Gasteiger partial charge on any atom is 0.226 e. The fraction of sp³-hybridized carbons (Fsp3) is 0.600. The van der Waals surface area contributed by atoms with E-state index in [-0.39, 0.29) is 17.7 Å². The van der Waals surface area contributed by atoms with Crippen LogP contribution in [0.15, 0.2) is 10.6 Å². The molecule has 1 aromatic heterocycles. The minimum Gasteiger partial charge on any atom is -0.359 e. The molecule has 15 heavy (non-hydrogen) atoms. The molecular weight excluding hydrogens is 216 g/mol. The first-order chi connectivity index (χ1) is 6.93. The van der Waals surface area contributed by atoms with Gasteiger partial charge in [-0.1, -0.05) is 25.9 Å². The molecule has 4 nitrogen and oxygen atoms in total. The number of alkyl halides is 1. The standard InChI is InChI=1S/C10H15ClN2O2/c1-10(2,3)7-6-8(13-15-7)12-9(14)4-5-11/h6H,4-5H2,1-3H3,(H,12,13,14). The Balaban J connectivity index is 2.65. The maximum absolute atomic E-state index is 11.2. The number of hydrogen-bond donors (Lipinski definition) is 1. The van der Waals surface area contributed by atoms with Gasteiger partial charge in [0, 0.05) is 23.8 Å². The van der Waals surface area contributed by atoms with E-state index in [1.54, 1.807) is 6.07 Å². The van der Waals surface area contributed by atoms with E-state index in [1.807, 2.05) is 20.8 Å². The molecule has 1 aromatic rings. The van der Waals surface area contributed by atoms with E-state index in [0.717, 1.165) is 5.76 Å². The lowest BCUT2D eigenvalue weighted by Crippen LogP contribution is -2.12. The van der Waals surface area contributed by atoms with Crippen LogP contribution in [0.25, 0.3) is 0 Å². The highest BCUT2D eigenvalue weighted by molar-refractivity contribution is 6.19. The molecule has 0 radical (unpaired) electrons. The highest BCUT2D eigenvalue weighted by atomic mass is 35.5. The lowest BCUT2D eigenvalue weighted by Gasteiger charge is -2.11. The summed E-state index contributed by atoms with van der Waals surface area (Å²) in [4.78, 5) is 11.2. The molecule has 0 fully saturated rings. The highest BCUT2D eigenvalue weighted by Crippen LogP contribution is 2.24. The lowest BCUT2D eigenvalue weighted by molar-refractivity contribution is -0.115. The number of amides is 1. The molecule has 5 heteroatoms. The summed E-state index contributed by atoms with van der Waals surface area (Å²) in [6, 6.07) is 1.73. The van der Waals surface area contributed by atoms with Crippen molar-refractivity contribution in [2.75, 3.05) is 11.2 Å². The van der Waals surface area contributed by atoms with Gasteiger partial charge in [-0.15, -0.1) is 11.6 Å². The Morgan fingerprint density at radius 2 is 2.27 bits per heavy atom. The molecule has 0 saturated carbocycles. The van der Waals surface area contributed by atoms with Crippen LogP contribution in [0.2, 0.25) is 0 Å². The van der Waals surface area contributed by atoms with E-state index < -0.39 is 0 Å². The van der Waals surface area contributed by atoms with E-state index in [4.69, 9.17) is 16.1 Å². The van der Waals surface area contributed by atoms with Crippen molar-refractivity contribution in [3.8, 4) is 0 Å². The van der Waals surface area contributed by atoms with Crippen LogP contribution in [0.3, 0.4) is 0 Å². The Labute approximate surface area is 94.0 Å². The van der Waals surface area contributed by atoms with Crippen molar-refractivity contribution < 1.29 is 9.32 Å². The summed E-state index contributed by atoms with van der Waals surface area (Å²) in [6.07, 6.45) is 0.277. The largest absolute Gasteiger partial charge is 0.359 e. The second kappa shape index (κ2) is 4.66. The number of anilines is 1. The smallest absolute Gasteiger partial charge is 0.226 e. The van der Waals surface area contributed by atoms with Gasteiger partial charge in [0.1, 0.15) is 5.76 Å². The van der Waals surface area contributed by atoms with Crippen LogP contribution in [-0.4, -0.2) is 16.9 Å². The molecule has 0 aromatic carbocycles. The van der Waals surface area contributed by atoms with Gasteiger partial charge in [-0.2, -0.15) is 0 Å². The molecule has 0 aliphatic carbocycles. The quantitative estimate of drug-likeness (QED) is 0.812. The lowest BCUT2D eigenvalue weighted by atomic mass is 9.93. The molecule has 0 aliphatic rings. The van der Waals surface area contributed by atoms with Crippen molar-refractivity contribution in [1.82, 2.24) is 5.16 Å². The molecule has 0 saturated heterocycles. The van der Waals surface area contributed by atoms with E-state index in [2.05, 4.69) is 10.5 Å². The van der Waals surface area contributed by atoms with Crippen LogP contribution in [0.4, 0.5) is 5.82 Å². The van der Waals surface area contributed by atoms with E-state index in [1.165, 1.54) is 0 Å². The molecular formula is C10H15ClN2O2. The fourth-order valence-corrected chi connectivity index (χ4v) is 1.15. The summed E-state index contributed by atoms with van der Waals surface area (Å²) in [6.45, 7) is 6.04. The zero-order valence-corrected chi connectivity index (χ0v) is 9.89. The predicted molar refractivity (Wildman–Crippen MR) is 59.2 cm³/mol. The predicted octanol–water partition coefficient (Wildman–Crippen LogP) is 2.54. The molecule has 0 spiro atoms. The molecule has 0 unspecified atom stereocenters. The normalized spacial score (nSPS) is 11.5. The van der Waals surface area contributed by atoms with Gasteiger partial charge in [0.15, 0.2) is 5.82 Å². The van der Waals surface area contributed by atoms with Gasteiger partial charge in [0.25, 0.3) is 0 Å². The SMILES string of the molecule is CC(C)(C)c1cc(NC(=O)CCCl)no1. The van der Waals surface area contributed by atoms with Crippen LogP contribution in [-0.2, 0) is 10.2 Å². The van der Waals surface area contributed by atoms with Crippen LogP contribution in [0.5, 0.6) is 0 Å². The van der Waals surface area contributed by atoms with Crippen molar-refractivity contribution in [2.45, 2.75) is 32.6 Å². The molecule has 84 valence electrons. The van der Waals surface area contributed by atoms with Crippen molar-refractivity contribution >= 4 is 23.3 Å². The fourth-order valence-electron chi connectivity index (χ4n) is 0.979. The van der Waals surface area contributed by atoms with E-state index in [9.17, 15) is 4.79 Å². The first-order valence-electron chi connectivity index (χ1n) is 4.76. The van der Waals surface area contributed by atoms with Crippen molar-refractivity contribution in [2.24, 2.45) is 0 Å². The van der Waals surface area contributed by atoms with Crippen molar-refractivity contribution in [3.05, 3.63) is 11.8 Å². The number of halogens is 1. The van der Waals surface area contributed by atoms with Crippen molar-refractivity contribution in [3.63, 3.8) is 0 Å². The average Bonchev–Trinajstić information content (AvgIpc) is 2.52. The Bertz CT molecular complexity index is 341. The van der Waals surface area contributed by atoms with Gasteiger partial charge in [-0.3, -0.25) is 4.79 Å². The average molecular weight is 231 g/mol. The Hall–Kier alpha value is -1.03. The first kappa shape index (κ1) is 12.0. The van der Waals surface area contributed by atoms with E-state index in [0.29, 0.717) is 11.7 Å². The molecule has 1 amide bonds. The summed E-state index contributed by atoms with van der Waals surface area (Å²) in [5, 5.41) is 6.36. The second-order valence-corrected chi connectivity index (χ2v) is 4.69. The van der Waals surface area contributed by atoms with Gasteiger partial charge in [-0.05, 0) is 0 Å². The minimum atomic E-state index is -0.154. The maximum atomic E-state index is 11.2. The summed E-state index contributed by atoms with van der Waals surface area (Å²) in [7, 11) is 0. The molecule has 0 bridgehead atoms. The van der Waals surface area contributed by atoms with Gasteiger partial charge < -0.3 is 9.84 Å². The second-order valence-electron chi connectivity index (χ2n) is 4.31. The Morgan fingerprint density at radius 3 is 2.73 bits per heavy atom. The van der Waals surface area contributed by atoms with Gasteiger partial charge >= 0.3 is 0 Å². The summed E-state index contributed by atoms with van der Waals surface area (Å²) in [5.41, 5.74) is -0.109. The number of nitrogens with zero attached hydrogens (tertiary/aromatic N) is 1. The third-order valence-electron chi connectivity index (χ3n) is 1.84. The number of rotatable bonds is 3. The minimum absolute atomic E-state index is 0.109. The molecule has 1 rings (SSSR count). The van der Waals surface area contributed by atoms with Crippen LogP contribution in [0, 0.1) is 0 Å². The van der Waals surface area contributed by atoms with Crippen molar-refractivity contribution in [1.29, 1.82) is 0 Å². The van der Waals surface area contributed by atoms with E-state index >= 15 is 0 Å². The number of carbonyl (C=O) groups excluding carboxylic acids is 1. The Kier molecular flexibility index (Phi) is 3.74. The number of carbonyl (C=O) groups is 1. The highest BCUT2D eigenvalue weighted by Gasteiger charge is 2.20. The molecule has 0 aliphatic heterocycles. The molecule has 0 atom stereocenters. The third-order valence-corrected chi connectivity index (χ3v) is 2.03. The first-order valence-corrected chi connectivity index (χ1v) is 5.30. The summed E-state index contributed by atoms with van der Waals surface area (Å²) < 4.78 is 5.11. The van der Waals surface area contributed by atoms with Gasteiger partial charge in [0.2, 0.25) is 5.91 Å². The van der Waals surface area contributed by atoms with Crippen LogP contribution >= 0.6 is 11.6 Å². The zero-order chi connectivity index (χ0) is 11.5. The van der Waals surface area contributed by atoms with Gasteiger partial charge in [0.05, 0.1) is 0 Å². The monoisotopic (exact) mass is 230 g/mol. The Morgan fingerprint density at radius 1 is 1.60 bits per heavy atom. The molecule has 1 heterocycles. The summed E-state index contributed by atoms with van der Waals surface area (Å²) >= 11 is 5.44. The number of nitrogens with one attached hydrogen (secondary N) is 1. The zero-order valence-electron chi connectivity index (χ0n) is 9.13. The topological polar surface area (TPSA) is 55.1 Å². The van der Waals surface area contributed by atoms with Crippen LogP contribution < -0.4 is 5.32 Å². The van der Waals surface area contributed by atoms with Gasteiger partial charge in [-0.25, -0.2) is 0 Å². The summed E-state index contributed by atoms with van der Waals surface area (Å²) in [5.74, 6) is 1.33. The number of aromatic nitrogens is 1. The number of hydrogen-bond acceptors (Lipinski definition) is 3. The third kappa shape index (κ3) is 3.55. The van der Waals surface area contributed by atoms with Crippen LogP contribution in [0.1, 0.15) is 33.0 Å².